The number of nitrogens with zero attached hydrogens (tertiary/aromatic N) is 3. The van der Waals surface area contributed by atoms with E-state index in [0.717, 1.165) is 36.9 Å². The number of carbonyl (C=O) groups is 2. The summed E-state index contributed by atoms with van der Waals surface area (Å²) in [5.41, 5.74) is 1.32. The number of nitrogens with one attached hydrogen (secondary N) is 1. The van der Waals surface area contributed by atoms with Crippen LogP contribution in [0.5, 0.6) is 0 Å². The summed E-state index contributed by atoms with van der Waals surface area (Å²) in [5, 5.41) is 8.63. The average molecular weight is 471 g/mol. The molecule has 1 saturated carbocycles. The van der Waals surface area contributed by atoms with Crippen molar-refractivity contribution in [1.29, 1.82) is 0 Å². The summed E-state index contributed by atoms with van der Waals surface area (Å²) in [6, 6.07) is 9.49. The van der Waals surface area contributed by atoms with Crippen LogP contribution in [-0.4, -0.2) is 38.1 Å². The third-order valence-electron chi connectivity index (χ3n) is 7.09. The van der Waals surface area contributed by atoms with E-state index < -0.39 is 5.54 Å². The standard InChI is InChI=1S/C26H35ClN4O2/c1-18(2)22-15-23-24(32)30(16-19-11-13-20(27)14-12-19)26(3,17-31(23)29-22)25(33)28-21-9-7-5-4-6-8-10-21/h11-15,18,21H,4-10,16-17H2,1-3H3,(H,28,33)/t26-/m0/s1. The average Bonchev–Trinajstić information content (AvgIpc) is 3.18. The first-order valence-electron chi connectivity index (χ1n) is 12.2. The van der Waals surface area contributed by atoms with Gasteiger partial charge in [0.25, 0.3) is 5.91 Å². The second kappa shape index (κ2) is 9.88. The number of halogens is 1. The van der Waals surface area contributed by atoms with Crippen molar-refractivity contribution < 1.29 is 9.59 Å². The van der Waals surface area contributed by atoms with E-state index in [1.54, 1.807) is 9.58 Å². The Bertz CT molecular complexity index is 992. The summed E-state index contributed by atoms with van der Waals surface area (Å²) < 4.78 is 1.73. The van der Waals surface area contributed by atoms with E-state index in [9.17, 15) is 9.59 Å². The van der Waals surface area contributed by atoms with Crippen LogP contribution >= 0.6 is 11.6 Å². The van der Waals surface area contributed by atoms with Gasteiger partial charge >= 0.3 is 0 Å². The molecule has 1 fully saturated rings. The number of carbonyl (C=O) groups excluding carboxylic acids is 2. The van der Waals surface area contributed by atoms with Crippen LogP contribution in [0, 0.1) is 0 Å². The number of hydrogen-bond acceptors (Lipinski definition) is 3. The van der Waals surface area contributed by atoms with E-state index in [-0.39, 0.29) is 23.8 Å². The molecule has 7 heteroatoms. The molecule has 33 heavy (non-hydrogen) atoms. The maximum Gasteiger partial charge on any atom is 0.273 e. The highest BCUT2D eigenvalue weighted by molar-refractivity contribution is 6.30. The van der Waals surface area contributed by atoms with E-state index in [4.69, 9.17) is 11.6 Å². The molecule has 2 heterocycles. The Hall–Kier alpha value is -2.34. The zero-order valence-corrected chi connectivity index (χ0v) is 20.7. The Labute approximate surface area is 201 Å². The van der Waals surface area contributed by atoms with E-state index in [0.29, 0.717) is 23.8 Å². The fourth-order valence-electron chi connectivity index (χ4n) is 4.91. The predicted octanol–water partition coefficient (Wildman–Crippen LogP) is 5.30. The molecular formula is C26H35ClN4O2. The molecule has 0 saturated heterocycles. The van der Waals surface area contributed by atoms with E-state index in [2.05, 4.69) is 24.3 Å². The van der Waals surface area contributed by atoms with Crippen LogP contribution in [0.2, 0.25) is 5.02 Å². The Kier molecular flexibility index (Phi) is 7.13. The molecule has 178 valence electrons. The number of benzene rings is 1. The van der Waals surface area contributed by atoms with Crippen molar-refractivity contribution in [2.45, 2.75) is 96.3 Å². The Morgan fingerprint density at radius 1 is 1.15 bits per heavy atom. The van der Waals surface area contributed by atoms with Gasteiger partial charge < -0.3 is 10.2 Å². The normalized spacial score (nSPS) is 22.1. The van der Waals surface area contributed by atoms with Gasteiger partial charge in [0.1, 0.15) is 11.2 Å². The first-order chi connectivity index (χ1) is 15.8. The van der Waals surface area contributed by atoms with Crippen molar-refractivity contribution in [3.63, 3.8) is 0 Å². The Morgan fingerprint density at radius 3 is 2.42 bits per heavy atom. The maximum atomic E-state index is 13.8. The second-order valence-electron chi connectivity index (χ2n) is 10.1. The summed E-state index contributed by atoms with van der Waals surface area (Å²) in [4.78, 5) is 29.2. The van der Waals surface area contributed by atoms with Crippen LogP contribution in [0.4, 0.5) is 0 Å². The SMILES string of the molecule is CC(C)c1cc2n(n1)C[C@@](C)(C(=O)NC1CCCCCCC1)N(Cc1ccc(Cl)cc1)C2=O. The molecule has 4 rings (SSSR count). The highest BCUT2D eigenvalue weighted by atomic mass is 35.5. The van der Waals surface area contributed by atoms with Gasteiger partial charge in [-0.2, -0.15) is 5.10 Å². The lowest BCUT2D eigenvalue weighted by Crippen LogP contribution is -2.64. The first-order valence-corrected chi connectivity index (χ1v) is 12.6. The van der Waals surface area contributed by atoms with Gasteiger partial charge in [0.15, 0.2) is 0 Å². The van der Waals surface area contributed by atoms with E-state index in [1.165, 1.54) is 19.3 Å². The van der Waals surface area contributed by atoms with Gasteiger partial charge in [0.05, 0.1) is 12.2 Å². The molecule has 1 aliphatic carbocycles. The van der Waals surface area contributed by atoms with Crippen molar-refractivity contribution in [3.8, 4) is 0 Å². The van der Waals surface area contributed by atoms with E-state index in [1.807, 2.05) is 37.3 Å². The molecule has 2 aromatic rings. The van der Waals surface area contributed by atoms with Gasteiger partial charge in [-0.3, -0.25) is 14.3 Å². The molecule has 1 atom stereocenters. The summed E-state index contributed by atoms with van der Waals surface area (Å²) in [5.74, 6) is -0.0517. The van der Waals surface area contributed by atoms with Crippen molar-refractivity contribution in [2.24, 2.45) is 0 Å². The fourth-order valence-corrected chi connectivity index (χ4v) is 5.03. The Morgan fingerprint density at radius 2 is 1.79 bits per heavy atom. The minimum atomic E-state index is -1.04. The third kappa shape index (κ3) is 5.11. The fraction of sp³-hybridized carbons (Fsp3) is 0.577. The molecule has 6 nitrogen and oxygen atoms in total. The van der Waals surface area contributed by atoms with E-state index >= 15 is 0 Å². The lowest BCUT2D eigenvalue weighted by atomic mass is 9.91. The van der Waals surface area contributed by atoms with Crippen LogP contribution < -0.4 is 5.32 Å². The van der Waals surface area contributed by atoms with Crippen LogP contribution in [0.3, 0.4) is 0 Å². The minimum Gasteiger partial charge on any atom is -0.351 e. The molecule has 0 radical (unpaired) electrons. The van der Waals surface area contributed by atoms with Crippen molar-refractivity contribution in [2.75, 3.05) is 0 Å². The molecule has 2 amide bonds. The largest absolute Gasteiger partial charge is 0.351 e. The molecular weight excluding hydrogens is 436 g/mol. The predicted molar refractivity (Wildman–Crippen MR) is 130 cm³/mol. The second-order valence-corrected chi connectivity index (χ2v) is 10.5. The van der Waals surface area contributed by atoms with Crippen LogP contribution in [0.1, 0.15) is 93.4 Å². The zero-order valence-electron chi connectivity index (χ0n) is 19.9. The third-order valence-corrected chi connectivity index (χ3v) is 7.34. The molecule has 1 N–H and O–H groups in total. The van der Waals surface area contributed by atoms with Crippen molar-refractivity contribution in [1.82, 2.24) is 20.0 Å². The Balaban J connectivity index is 1.65. The number of aromatic nitrogens is 2. The molecule has 2 aliphatic rings. The quantitative estimate of drug-likeness (QED) is 0.644. The monoisotopic (exact) mass is 470 g/mol. The number of amides is 2. The highest BCUT2D eigenvalue weighted by Gasteiger charge is 2.48. The maximum absolute atomic E-state index is 13.8. The number of fused-ring (bicyclic) bond motifs is 1. The molecule has 0 bridgehead atoms. The van der Waals surface area contributed by atoms with Crippen molar-refractivity contribution in [3.05, 3.63) is 52.3 Å². The number of rotatable bonds is 5. The molecule has 1 aromatic carbocycles. The molecule has 1 aromatic heterocycles. The van der Waals surface area contributed by atoms with Gasteiger partial charge in [-0.05, 0) is 49.4 Å². The van der Waals surface area contributed by atoms with Gasteiger partial charge in [0.2, 0.25) is 5.91 Å². The smallest absolute Gasteiger partial charge is 0.273 e. The van der Waals surface area contributed by atoms with Crippen molar-refractivity contribution >= 4 is 23.4 Å². The summed E-state index contributed by atoms with van der Waals surface area (Å²) in [7, 11) is 0. The lowest BCUT2D eigenvalue weighted by Gasteiger charge is -2.44. The lowest BCUT2D eigenvalue weighted by molar-refractivity contribution is -0.134. The van der Waals surface area contributed by atoms with Crippen LogP contribution in [0.15, 0.2) is 30.3 Å². The first kappa shape index (κ1) is 23.8. The topological polar surface area (TPSA) is 67.2 Å². The van der Waals surface area contributed by atoms with Crippen LogP contribution in [-0.2, 0) is 17.9 Å². The molecule has 0 spiro atoms. The zero-order chi connectivity index (χ0) is 23.6. The van der Waals surface area contributed by atoms with Gasteiger partial charge in [-0.15, -0.1) is 0 Å². The minimum absolute atomic E-state index is 0.0948. The van der Waals surface area contributed by atoms with Gasteiger partial charge in [-0.25, -0.2) is 0 Å². The number of hydrogen-bond donors (Lipinski definition) is 1. The van der Waals surface area contributed by atoms with Crippen LogP contribution in [0.25, 0.3) is 0 Å². The van der Waals surface area contributed by atoms with Gasteiger partial charge in [-0.1, -0.05) is 69.7 Å². The molecule has 0 unspecified atom stereocenters. The molecule has 1 aliphatic heterocycles. The summed E-state index contributed by atoms with van der Waals surface area (Å²) in [6.45, 7) is 6.67. The van der Waals surface area contributed by atoms with Gasteiger partial charge in [0, 0.05) is 17.6 Å². The summed E-state index contributed by atoms with van der Waals surface area (Å²) in [6.07, 6.45) is 7.99. The summed E-state index contributed by atoms with van der Waals surface area (Å²) >= 11 is 6.07. The highest BCUT2D eigenvalue weighted by Crippen LogP contribution is 2.31.